The zero-order chi connectivity index (χ0) is 21.3. The molecule has 3 aromatic carbocycles. The Balaban J connectivity index is 1.41. The number of rotatable bonds is 8. The van der Waals surface area contributed by atoms with Crippen molar-refractivity contribution in [2.24, 2.45) is 0 Å². The summed E-state index contributed by atoms with van der Waals surface area (Å²) in [6.07, 6.45) is 0. The first-order valence-corrected chi connectivity index (χ1v) is 9.38. The Bertz CT molecular complexity index is 1060. The van der Waals surface area contributed by atoms with Crippen molar-refractivity contribution in [3.63, 3.8) is 0 Å². The molecule has 3 rings (SSSR count). The SMILES string of the molecule is COc1ccccc1CNC(=O)COC(=O)CNC(=O)c1ccc2ccccc2c1. The first-order valence-electron chi connectivity index (χ1n) is 9.38. The average molecular weight is 406 g/mol. The molecule has 0 aliphatic heterocycles. The topological polar surface area (TPSA) is 93.7 Å². The Morgan fingerprint density at radius 2 is 1.60 bits per heavy atom. The molecule has 2 N–H and O–H groups in total. The van der Waals surface area contributed by atoms with Crippen molar-refractivity contribution in [2.45, 2.75) is 6.54 Å². The third-order valence-corrected chi connectivity index (χ3v) is 4.44. The van der Waals surface area contributed by atoms with Gasteiger partial charge in [0.1, 0.15) is 12.3 Å². The summed E-state index contributed by atoms with van der Waals surface area (Å²) in [6, 6.07) is 20.2. The zero-order valence-corrected chi connectivity index (χ0v) is 16.5. The molecule has 0 saturated carbocycles. The van der Waals surface area contributed by atoms with Gasteiger partial charge in [-0.15, -0.1) is 0 Å². The number of methoxy groups -OCH3 is 1. The number of nitrogens with one attached hydrogen (secondary N) is 2. The van der Waals surface area contributed by atoms with Gasteiger partial charge in [0.25, 0.3) is 11.8 Å². The van der Waals surface area contributed by atoms with E-state index in [-0.39, 0.29) is 13.1 Å². The second kappa shape index (κ2) is 10.1. The van der Waals surface area contributed by atoms with E-state index in [2.05, 4.69) is 10.6 Å². The van der Waals surface area contributed by atoms with E-state index in [0.717, 1.165) is 16.3 Å². The van der Waals surface area contributed by atoms with Crippen LogP contribution in [-0.4, -0.2) is 38.0 Å². The summed E-state index contributed by atoms with van der Waals surface area (Å²) < 4.78 is 10.1. The van der Waals surface area contributed by atoms with E-state index in [1.807, 2.05) is 48.5 Å². The maximum absolute atomic E-state index is 12.2. The number of hydrogen-bond donors (Lipinski definition) is 2. The van der Waals surface area contributed by atoms with E-state index in [4.69, 9.17) is 9.47 Å². The highest BCUT2D eigenvalue weighted by Gasteiger charge is 2.12. The van der Waals surface area contributed by atoms with Crippen LogP contribution in [0.5, 0.6) is 5.75 Å². The largest absolute Gasteiger partial charge is 0.496 e. The van der Waals surface area contributed by atoms with E-state index < -0.39 is 24.4 Å². The lowest BCUT2D eigenvalue weighted by Crippen LogP contribution is -2.33. The van der Waals surface area contributed by atoms with Crippen LogP contribution in [0, 0.1) is 0 Å². The van der Waals surface area contributed by atoms with Crippen molar-refractivity contribution >= 4 is 28.6 Å². The Hall–Kier alpha value is -3.87. The molecule has 0 spiro atoms. The Kier molecular flexibility index (Phi) is 7.00. The lowest BCUT2D eigenvalue weighted by atomic mass is 10.1. The first-order chi connectivity index (χ1) is 14.6. The smallest absolute Gasteiger partial charge is 0.325 e. The van der Waals surface area contributed by atoms with Crippen LogP contribution in [-0.2, 0) is 20.9 Å². The monoisotopic (exact) mass is 406 g/mol. The maximum Gasteiger partial charge on any atom is 0.325 e. The number of hydrogen-bond acceptors (Lipinski definition) is 5. The van der Waals surface area contributed by atoms with Crippen LogP contribution in [0.3, 0.4) is 0 Å². The average Bonchev–Trinajstić information content (AvgIpc) is 2.79. The Morgan fingerprint density at radius 3 is 2.40 bits per heavy atom. The third-order valence-electron chi connectivity index (χ3n) is 4.44. The molecule has 0 heterocycles. The second-order valence-corrected chi connectivity index (χ2v) is 6.49. The molecule has 2 amide bonds. The van der Waals surface area contributed by atoms with Crippen molar-refractivity contribution in [1.82, 2.24) is 10.6 Å². The standard InChI is InChI=1S/C23H22N2O5/c1-29-20-9-5-4-8-19(20)13-24-21(26)15-30-22(27)14-25-23(28)18-11-10-16-6-2-3-7-17(16)12-18/h2-12H,13-15H2,1H3,(H,24,26)(H,25,28). The molecular weight excluding hydrogens is 384 g/mol. The highest BCUT2D eigenvalue weighted by atomic mass is 16.5. The van der Waals surface area contributed by atoms with Crippen molar-refractivity contribution < 1.29 is 23.9 Å². The molecule has 0 aliphatic rings. The number of amides is 2. The molecule has 0 radical (unpaired) electrons. The van der Waals surface area contributed by atoms with Gasteiger partial charge in [0.2, 0.25) is 0 Å². The molecule has 0 bridgehead atoms. The van der Waals surface area contributed by atoms with Crippen LogP contribution in [0.1, 0.15) is 15.9 Å². The quantitative estimate of drug-likeness (QED) is 0.561. The maximum atomic E-state index is 12.2. The van der Waals surface area contributed by atoms with Gasteiger partial charge in [0, 0.05) is 17.7 Å². The highest BCUT2D eigenvalue weighted by Crippen LogP contribution is 2.17. The normalized spacial score (nSPS) is 10.3. The number of carbonyl (C=O) groups is 3. The lowest BCUT2D eigenvalue weighted by Gasteiger charge is -2.10. The van der Waals surface area contributed by atoms with E-state index >= 15 is 0 Å². The molecular formula is C23H22N2O5. The van der Waals surface area contributed by atoms with Crippen molar-refractivity contribution in [3.05, 3.63) is 77.9 Å². The molecule has 0 unspecified atom stereocenters. The molecule has 0 atom stereocenters. The number of carbonyl (C=O) groups excluding carboxylic acids is 3. The Labute approximate surface area is 174 Å². The number of para-hydroxylation sites is 1. The molecule has 0 fully saturated rings. The summed E-state index contributed by atoms with van der Waals surface area (Å²) in [5, 5.41) is 7.10. The van der Waals surface area contributed by atoms with Crippen LogP contribution in [0.25, 0.3) is 10.8 Å². The predicted octanol–water partition coefficient (Wildman–Crippen LogP) is 2.44. The van der Waals surface area contributed by atoms with Gasteiger partial charge in [0.05, 0.1) is 7.11 Å². The van der Waals surface area contributed by atoms with Gasteiger partial charge in [0.15, 0.2) is 6.61 Å². The molecule has 0 saturated heterocycles. The van der Waals surface area contributed by atoms with Crippen LogP contribution in [0.4, 0.5) is 0 Å². The van der Waals surface area contributed by atoms with Gasteiger partial charge < -0.3 is 20.1 Å². The molecule has 30 heavy (non-hydrogen) atoms. The van der Waals surface area contributed by atoms with Crippen molar-refractivity contribution in [2.75, 3.05) is 20.3 Å². The summed E-state index contributed by atoms with van der Waals surface area (Å²) in [6.45, 7) is -0.510. The molecule has 3 aromatic rings. The summed E-state index contributed by atoms with van der Waals surface area (Å²) in [5.41, 5.74) is 1.25. The van der Waals surface area contributed by atoms with Crippen LogP contribution < -0.4 is 15.4 Å². The third kappa shape index (κ3) is 5.57. The number of ether oxygens (including phenoxy) is 2. The summed E-state index contributed by atoms with van der Waals surface area (Å²) in [7, 11) is 1.55. The highest BCUT2D eigenvalue weighted by molar-refractivity contribution is 5.99. The lowest BCUT2D eigenvalue weighted by molar-refractivity contribution is -0.147. The molecule has 7 heteroatoms. The number of fused-ring (bicyclic) bond motifs is 1. The summed E-state index contributed by atoms with van der Waals surface area (Å²) in [5.74, 6) is -0.879. The minimum absolute atomic E-state index is 0.249. The fourth-order valence-corrected chi connectivity index (χ4v) is 2.88. The first kappa shape index (κ1) is 20.9. The second-order valence-electron chi connectivity index (χ2n) is 6.49. The van der Waals surface area contributed by atoms with Crippen molar-refractivity contribution in [1.29, 1.82) is 0 Å². The molecule has 154 valence electrons. The predicted molar refractivity (Wildman–Crippen MR) is 112 cm³/mol. The van der Waals surface area contributed by atoms with E-state index in [9.17, 15) is 14.4 Å². The summed E-state index contributed by atoms with van der Waals surface area (Å²) in [4.78, 5) is 36.0. The Morgan fingerprint density at radius 1 is 0.867 bits per heavy atom. The van der Waals surface area contributed by atoms with E-state index in [0.29, 0.717) is 11.3 Å². The van der Waals surface area contributed by atoms with Gasteiger partial charge >= 0.3 is 5.97 Å². The van der Waals surface area contributed by atoms with E-state index in [1.165, 1.54) is 0 Å². The fourth-order valence-electron chi connectivity index (χ4n) is 2.88. The van der Waals surface area contributed by atoms with Crippen LogP contribution in [0.2, 0.25) is 0 Å². The molecule has 7 nitrogen and oxygen atoms in total. The number of benzene rings is 3. The molecule has 0 aromatic heterocycles. The fraction of sp³-hybridized carbons (Fsp3) is 0.174. The minimum Gasteiger partial charge on any atom is -0.496 e. The minimum atomic E-state index is -0.698. The van der Waals surface area contributed by atoms with Gasteiger partial charge in [-0.1, -0.05) is 48.5 Å². The van der Waals surface area contributed by atoms with Gasteiger partial charge in [-0.05, 0) is 29.0 Å². The van der Waals surface area contributed by atoms with E-state index in [1.54, 1.807) is 25.3 Å². The van der Waals surface area contributed by atoms with Gasteiger partial charge in [-0.3, -0.25) is 14.4 Å². The van der Waals surface area contributed by atoms with Gasteiger partial charge in [-0.25, -0.2) is 0 Å². The van der Waals surface area contributed by atoms with Crippen LogP contribution in [0.15, 0.2) is 66.7 Å². The van der Waals surface area contributed by atoms with Crippen molar-refractivity contribution in [3.8, 4) is 5.75 Å². The summed E-state index contributed by atoms with van der Waals surface area (Å²) >= 11 is 0. The number of esters is 1. The zero-order valence-electron chi connectivity index (χ0n) is 16.5. The van der Waals surface area contributed by atoms with Gasteiger partial charge in [-0.2, -0.15) is 0 Å². The van der Waals surface area contributed by atoms with Crippen LogP contribution >= 0.6 is 0 Å². The molecule has 0 aliphatic carbocycles.